The molecule has 0 aliphatic heterocycles. The topological polar surface area (TPSA) is 78.9 Å². The minimum atomic E-state index is -0.292. The van der Waals surface area contributed by atoms with Crippen molar-refractivity contribution in [3.63, 3.8) is 0 Å². The van der Waals surface area contributed by atoms with Gasteiger partial charge < -0.3 is 10.5 Å². The highest BCUT2D eigenvalue weighted by molar-refractivity contribution is 5.03. The second-order valence-corrected chi connectivity index (χ2v) is 5.48. The second-order valence-electron chi connectivity index (χ2n) is 5.48. The third-order valence-corrected chi connectivity index (χ3v) is 4.02. The van der Waals surface area contributed by atoms with Crippen LogP contribution in [0.3, 0.4) is 0 Å². The van der Waals surface area contributed by atoms with Crippen LogP contribution in [0.4, 0.5) is 0 Å². The largest absolute Gasteiger partial charge is 0.367 e. The molecule has 0 amide bonds. The van der Waals surface area contributed by atoms with Crippen LogP contribution >= 0.6 is 0 Å². The fourth-order valence-corrected chi connectivity index (χ4v) is 2.86. The summed E-state index contributed by atoms with van der Waals surface area (Å²) in [5, 5.41) is 12.2. The van der Waals surface area contributed by atoms with Gasteiger partial charge in [0.2, 0.25) is 0 Å². The van der Waals surface area contributed by atoms with Crippen LogP contribution in [-0.4, -0.2) is 33.4 Å². The molecule has 1 aromatic rings. The Kier molecular flexibility index (Phi) is 4.87. The van der Waals surface area contributed by atoms with Crippen LogP contribution < -0.4 is 5.73 Å². The first-order valence-electron chi connectivity index (χ1n) is 7.32. The summed E-state index contributed by atoms with van der Waals surface area (Å²) in [7, 11) is 0. The average molecular weight is 267 g/mol. The summed E-state index contributed by atoms with van der Waals surface area (Å²) < 4.78 is 7.96. The van der Waals surface area contributed by atoms with Gasteiger partial charge in [0.15, 0.2) is 5.82 Å². The number of nitrogens with zero attached hydrogens (tertiary/aromatic N) is 4. The van der Waals surface area contributed by atoms with Crippen molar-refractivity contribution < 1.29 is 4.74 Å². The summed E-state index contributed by atoms with van der Waals surface area (Å²) >= 11 is 0. The van der Waals surface area contributed by atoms with Gasteiger partial charge in [-0.15, -0.1) is 5.10 Å². The van der Waals surface area contributed by atoms with Crippen molar-refractivity contribution in [2.45, 2.75) is 58.1 Å². The predicted molar refractivity (Wildman–Crippen MR) is 72.4 cm³/mol. The smallest absolute Gasteiger partial charge is 0.183 e. The summed E-state index contributed by atoms with van der Waals surface area (Å²) in [6.45, 7) is 6.44. The summed E-state index contributed by atoms with van der Waals surface area (Å²) in [6.07, 6.45) is 5.24. The number of aromatic nitrogens is 4. The van der Waals surface area contributed by atoms with Crippen molar-refractivity contribution in [2.75, 3.05) is 13.2 Å². The Balaban J connectivity index is 2.21. The van der Waals surface area contributed by atoms with Gasteiger partial charge in [-0.3, -0.25) is 0 Å². The molecule has 1 aliphatic rings. The lowest BCUT2D eigenvalue weighted by Gasteiger charge is -2.37. The van der Waals surface area contributed by atoms with Gasteiger partial charge in [0, 0.05) is 13.2 Å². The molecule has 6 heteroatoms. The van der Waals surface area contributed by atoms with E-state index in [0.29, 0.717) is 13.2 Å². The van der Waals surface area contributed by atoms with Gasteiger partial charge in [-0.1, -0.05) is 6.92 Å². The zero-order valence-corrected chi connectivity index (χ0v) is 12.0. The molecular weight excluding hydrogens is 242 g/mol. The number of rotatable bonds is 6. The number of hydrogen-bond acceptors (Lipinski definition) is 5. The second kappa shape index (κ2) is 6.43. The fourth-order valence-electron chi connectivity index (χ4n) is 2.86. The molecule has 0 bridgehead atoms. The van der Waals surface area contributed by atoms with E-state index in [1.807, 2.05) is 11.6 Å². The van der Waals surface area contributed by atoms with E-state index in [1.54, 1.807) is 0 Å². The zero-order valence-electron chi connectivity index (χ0n) is 12.0. The zero-order chi connectivity index (χ0) is 13.7. The van der Waals surface area contributed by atoms with Crippen molar-refractivity contribution in [2.24, 2.45) is 11.7 Å². The third kappa shape index (κ3) is 3.12. The highest BCUT2D eigenvalue weighted by atomic mass is 16.5. The first-order valence-corrected chi connectivity index (χ1v) is 7.32. The Morgan fingerprint density at radius 3 is 2.79 bits per heavy atom. The van der Waals surface area contributed by atoms with Gasteiger partial charge in [0.25, 0.3) is 0 Å². The standard InChI is InChI=1S/C13H25N5O/c1-3-19-13(7-5-11(2)6-8-13)12-15-16-17-18(12)10-4-9-14/h11H,3-10,14H2,1-2H3. The molecule has 0 aromatic carbocycles. The lowest BCUT2D eigenvalue weighted by molar-refractivity contribution is -0.0865. The Hall–Kier alpha value is -1.01. The number of ether oxygens (including phenoxy) is 1. The Morgan fingerprint density at radius 1 is 1.42 bits per heavy atom. The molecule has 0 unspecified atom stereocenters. The van der Waals surface area contributed by atoms with Crippen molar-refractivity contribution >= 4 is 0 Å². The molecule has 1 saturated carbocycles. The summed E-state index contributed by atoms with van der Waals surface area (Å²) in [6, 6.07) is 0. The summed E-state index contributed by atoms with van der Waals surface area (Å²) in [5.74, 6) is 1.65. The molecule has 0 radical (unpaired) electrons. The van der Waals surface area contributed by atoms with Crippen LogP contribution in [0, 0.1) is 5.92 Å². The van der Waals surface area contributed by atoms with E-state index >= 15 is 0 Å². The summed E-state index contributed by atoms with van der Waals surface area (Å²) in [5.41, 5.74) is 5.28. The fraction of sp³-hybridized carbons (Fsp3) is 0.923. The van der Waals surface area contributed by atoms with Crippen LogP contribution in [0.2, 0.25) is 0 Å². The van der Waals surface area contributed by atoms with Crippen LogP contribution in [0.1, 0.15) is 51.8 Å². The van der Waals surface area contributed by atoms with Crippen LogP contribution in [0.25, 0.3) is 0 Å². The van der Waals surface area contributed by atoms with Crippen molar-refractivity contribution in [3.8, 4) is 0 Å². The summed E-state index contributed by atoms with van der Waals surface area (Å²) in [4.78, 5) is 0. The molecule has 1 aliphatic carbocycles. The van der Waals surface area contributed by atoms with E-state index in [2.05, 4.69) is 22.4 Å². The molecule has 2 N–H and O–H groups in total. The Bertz CT molecular complexity index is 384. The van der Waals surface area contributed by atoms with Gasteiger partial charge in [-0.25, -0.2) is 4.68 Å². The van der Waals surface area contributed by atoms with Gasteiger partial charge >= 0.3 is 0 Å². The highest BCUT2D eigenvalue weighted by Crippen LogP contribution is 2.41. The molecule has 6 nitrogen and oxygen atoms in total. The number of tetrazole rings is 1. The molecule has 2 rings (SSSR count). The quantitative estimate of drug-likeness (QED) is 0.844. The number of aryl methyl sites for hydroxylation is 1. The predicted octanol–water partition coefficient (Wildman–Crippen LogP) is 1.46. The minimum absolute atomic E-state index is 0.292. The normalized spacial score (nSPS) is 27.6. The maximum absolute atomic E-state index is 6.09. The van der Waals surface area contributed by atoms with E-state index in [-0.39, 0.29) is 5.60 Å². The number of nitrogens with two attached hydrogens (primary N) is 1. The highest BCUT2D eigenvalue weighted by Gasteiger charge is 2.41. The van der Waals surface area contributed by atoms with Gasteiger partial charge in [0.05, 0.1) is 0 Å². The van der Waals surface area contributed by atoms with E-state index < -0.39 is 0 Å². The first-order chi connectivity index (χ1) is 9.22. The minimum Gasteiger partial charge on any atom is -0.367 e. The molecule has 1 fully saturated rings. The Morgan fingerprint density at radius 2 is 2.16 bits per heavy atom. The maximum Gasteiger partial charge on any atom is 0.183 e. The van der Waals surface area contributed by atoms with Crippen LogP contribution in [0.5, 0.6) is 0 Å². The van der Waals surface area contributed by atoms with Crippen LogP contribution in [-0.2, 0) is 16.9 Å². The van der Waals surface area contributed by atoms with Crippen molar-refractivity contribution in [1.29, 1.82) is 0 Å². The molecular formula is C13H25N5O. The molecule has 0 atom stereocenters. The molecule has 0 spiro atoms. The van der Waals surface area contributed by atoms with Gasteiger partial charge in [-0.05, 0) is 61.9 Å². The maximum atomic E-state index is 6.09. The van der Waals surface area contributed by atoms with E-state index in [9.17, 15) is 0 Å². The van der Waals surface area contributed by atoms with E-state index in [1.165, 1.54) is 12.8 Å². The van der Waals surface area contributed by atoms with E-state index in [4.69, 9.17) is 10.5 Å². The van der Waals surface area contributed by atoms with Crippen LogP contribution in [0.15, 0.2) is 0 Å². The Labute approximate surface area is 114 Å². The SMILES string of the molecule is CCOC1(c2nnnn2CCCN)CCC(C)CC1. The molecule has 1 aromatic heterocycles. The monoisotopic (exact) mass is 267 g/mol. The van der Waals surface area contributed by atoms with E-state index in [0.717, 1.165) is 37.5 Å². The van der Waals surface area contributed by atoms with Crippen molar-refractivity contribution in [3.05, 3.63) is 5.82 Å². The molecule has 0 saturated heterocycles. The third-order valence-electron chi connectivity index (χ3n) is 4.02. The molecule has 19 heavy (non-hydrogen) atoms. The average Bonchev–Trinajstić information content (AvgIpc) is 2.88. The van der Waals surface area contributed by atoms with Gasteiger partial charge in [0.1, 0.15) is 5.60 Å². The lowest BCUT2D eigenvalue weighted by atomic mass is 9.79. The van der Waals surface area contributed by atoms with Gasteiger partial charge in [-0.2, -0.15) is 0 Å². The van der Waals surface area contributed by atoms with Crippen molar-refractivity contribution in [1.82, 2.24) is 20.2 Å². The molecule has 108 valence electrons. The lowest BCUT2D eigenvalue weighted by Crippen LogP contribution is -2.37. The first kappa shape index (κ1) is 14.4. The molecule has 1 heterocycles. The number of hydrogen-bond donors (Lipinski definition) is 1.